The van der Waals surface area contributed by atoms with Gasteiger partial charge in [0.25, 0.3) is 0 Å². The molecule has 110 valence electrons. The van der Waals surface area contributed by atoms with Crippen molar-refractivity contribution in [1.29, 1.82) is 0 Å². The Labute approximate surface area is 135 Å². The van der Waals surface area contributed by atoms with E-state index in [9.17, 15) is 10.1 Å². The second kappa shape index (κ2) is 6.39. The highest BCUT2D eigenvalue weighted by molar-refractivity contribution is 6.40. The Morgan fingerprint density at radius 2 is 1.71 bits per heavy atom. The zero-order valence-corrected chi connectivity index (χ0v) is 12.9. The van der Waals surface area contributed by atoms with Gasteiger partial charge in [-0.25, -0.2) is 0 Å². The fourth-order valence-electron chi connectivity index (χ4n) is 1.62. The second-order valence-corrected chi connectivity index (χ2v) is 5.14. The molecule has 0 aliphatic carbocycles. The van der Waals surface area contributed by atoms with Gasteiger partial charge in [-0.15, -0.1) is 0 Å². The van der Waals surface area contributed by atoms with E-state index < -0.39 is 4.92 Å². The van der Waals surface area contributed by atoms with Crippen LogP contribution in [0.1, 0.15) is 0 Å². The van der Waals surface area contributed by atoms with E-state index in [2.05, 4.69) is 0 Å². The van der Waals surface area contributed by atoms with Crippen molar-refractivity contribution < 1.29 is 14.4 Å². The Bertz CT molecular complexity index is 683. The van der Waals surface area contributed by atoms with Gasteiger partial charge in [-0.1, -0.05) is 34.8 Å². The molecule has 0 saturated heterocycles. The summed E-state index contributed by atoms with van der Waals surface area (Å²) in [6.07, 6.45) is 0. The van der Waals surface area contributed by atoms with Crippen LogP contribution in [0.3, 0.4) is 0 Å². The Morgan fingerprint density at radius 1 is 1.10 bits per heavy atom. The number of methoxy groups -OCH3 is 1. The molecule has 5 nitrogen and oxygen atoms in total. The van der Waals surface area contributed by atoms with Crippen LogP contribution in [0.25, 0.3) is 0 Å². The minimum absolute atomic E-state index is 0.0682. The quantitative estimate of drug-likeness (QED) is 0.551. The van der Waals surface area contributed by atoms with Crippen molar-refractivity contribution in [2.45, 2.75) is 0 Å². The van der Waals surface area contributed by atoms with Gasteiger partial charge in [0.1, 0.15) is 5.75 Å². The van der Waals surface area contributed by atoms with Crippen LogP contribution in [-0.2, 0) is 0 Å². The van der Waals surface area contributed by atoms with Crippen molar-refractivity contribution in [2.75, 3.05) is 7.11 Å². The fourth-order valence-corrected chi connectivity index (χ4v) is 2.51. The molecule has 2 rings (SSSR count). The Hall–Kier alpha value is -1.69. The average molecular weight is 349 g/mol. The lowest BCUT2D eigenvalue weighted by Crippen LogP contribution is -1.94. The summed E-state index contributed by atoms with van der Waals surface area (Å²) in [6, 6.07) is 7.02. The van der Waals surface area contributed by atoms with Crippen molar-refractivity contribution >= 4 is 40.5 Å². The molecule has 2 aromatic rings. The zero-order valence-electron chi connectivity index (χ0n) is 10.6. The predicted octanol–water partition coefficient (Wildman–Crippen LogP) is 5.36. The Balaban J connectivity index is 2.39. The molecule has 0 unspecified atom stereocenters. The third-order valence-corrected chi connectivity index (χ3v) is 3.31. The van der Waals surface area contributed by atoms with E-state index in [1.165, 1.54) is 37.4 Å². The van der Waals surface area contributed by atoms with Crippen molar-refractivity contribution in [3.05, 3.63) is 55.5 Å². The maximum atomic E-state index is 10.8. The Kier molecular flexibility index (Phi) is 4.77. The normalized spacial score (nSPS) is 10.3. The van der Waals surface area contributed by atoms with Gasteiger partial charge in [-0.05, 0) is 18.2 Å². The summed E-state index contributed by atoms with van der Waals surface area (Å²) >= 11 is 17.8. The molecule has 0 saturated carbocycles. The lowest BCUT2D eigenvalue weighted by molar-refractivity contribution is -0.385. The summed E-state index contributed by atoms with van der Waals surface area (Å²) < 4.78 is 10.5. The molecule has 0 bridgehead atoms. The van der Waals surface area contributed by atoms with Crippen molar-refractivity contribution in [3.8, 4) is 17.2 Å². The van der Waals surface area contributed by atoms with E-state index in [1.807, 2.05) is 0 Å². The minimum Gasteiger partial charge on any atom is -0.490 e. The van der Waals surface area contributed by atoms with E-state index >= 15 is 0 Å². The smallest absolute Gasteiger partial charge is 0.311 e. The molecule has 0 aromatic heterocycles. The standard InChI is InChI=1S/C13H8Cl3NO4/c1-20-12-6-8(2-3-11(12)17(18)19)21-13-9(15)4-7(14)5-10(13)16/h2-6H,1H3. The number of nitro groups is 1. The number of rotatable bonds is 4. The van der Waals surface area contributed by atoms with E-state index in [1.54, 1.807) is 0 Å². The first kappa shape index (κ1) is 15.7. The van der Waals surface area contributed by atoms with Crippen LogP contribution in [-0.4, -0.2) is 12.0 Å². The molecule has 0 fully saturated rings. The van der Waals surface area contributed by atoms with Crippen LogP contribution in [0.5, 0.6) is 17.2 Å². The van der Waals surface area contributed by atoms with Crippen molar-refractivity contribution in [1.82, 2.24) is 0 Å². The second-order valence-electron chi connectivity index (χ2n) is 3.89. The van der Waals surface area contributed by atoms with Gasteiger partial charge < -0.3 is 9.47 Å². The summed E-state index contributed by atoms with van der Waals surface area (Å²) in [4.78, 5) is 10.3. The van der Waals surface area contributed by atoms with Crippen LogP contribution in [0, 0.1) is 10.1 Å². The van der Waals surface area contributed by atoms with Gasteiger partial charge in [0.2, 0.25) is 5.75 Å². The first-order valence-electron chi connectivity index (χ1n) is 5.57. The Morgan fingerprint density at radius 3 is 2.24 bits per heavy atom. The summed E-state index contributed by atoms with van der Waals surface area (Å²) in [5.74, 6) is 0.570. The highest BCUT2D eigenvalue weighted by atomic mass is 35.5. The monoisotopic (exact) mass is 347 g/mol. The summed E-state index contributed by atoms with van der Waals surface area (Å²) in [7, 11) is 1.33. The first-order chi connectivity index (χ1) is 9.92. The largest absolute Gasteiger partial charge is 0.490 e. The van der Waals surface area contributed by atoms with Gasteiger partial charge in [0, 0.05) is 17.2 Å². The topological polar surface area (TPSA) is 61.6 Å². The molecule has 0 aliphatic heterocycles. The molecule has 2 aromatic carbocycles. The summed E-state index contributed by atoms with van der Waals surface area (Å²) in [5, 5.41) is 11.7. The zero-order chi connectivity index (χ0) is 15.6. The number of hydrogen-bond donors (Lipinski definition) is 0. The number of ether oxygens (including phenoxy) is 2. The molecule has 0 atom stereocenters. The molecule has 0 N–H and O–H groups in total. The fraction of sp³-hybridized carbons (Fsp3) is 0.0769. The van der Waals surface area contributed by atoms with E-state index in [0.717, 1.165) is 0 Å². The van der Waals surface area contributed by atoms with Crippen LogP contribution in [0.2, 0.25) is 15.1 Å². The van der Waals surface area contributed by atoms with E-state index in [0.29, 0.717) is 10.8 Å². The van der Waals surface area contributed by atoms with Crippen LogP contribution < -0.4 is 9.47 Å². The van der Waals surface area contributed by atoms with Crippen LogP contribution in [0.15, 0.2) is 30.3 Å². The average Bonchev–Trinajstić information content (AvgIpc) is 2.42. The summed E-state index contributed by atoms with van der Waals surface area (Å²) in [6.45, 7) is 0. The molecule has 0 aliphatic rings. The highest BCUT2D eigenvalue weighted by Gasteiger charge is 2.17. The number of halogens is 3. The van der Waals surface area contributed by atoms with Crippen LogP contribution >= 0.6 is 34.8 Å². The molecular formula is C13H8Cl3NO4. The van der Waals surface area contributed by atoms with Gasteiger partial charge in [0.15, 0.2) is 5.75 Å². The molecular weight excluding hydrogens is 341 g/mol. The van der Waals surface area contributed by atoms with Gasteiger partial charge in [0.05, 0.1) is 22.1 Å². The summed E-state index contributed by atoms with van der Waals surface area (Å²) in [5.41, 5.74) is -0.168. The minimum atomic E-state index is -0.551. The SMILES string of the molecule is COc1cc(Oc2c(Cl)cc(Cl)cc2Cl)ccc1[N+](=O)[O-]. The molecule has 0 heterocycles. The number of nitro benzene ring substituents is 1. The lowest BCUT2D eigenvalue weighted by atomic mass is 10.2. The van der Waals surface area contributed by atoms with Gasteiger partial charge in [-0.3, -0.25) is 10.1 Å². The van der Waals surface area contributed by atoms with Gasteiger partial charge >= 0.3 is 5.69 Å². The lowest BCUT2D eigenvalue weighted by Gasteiger charge is -2.11. The molecule has 21 heavy (non-hydrogen) atoms. The number of nitrogens with zero attached hydrogens (tertiary/aromatic N) is 1. The number of hydrogen-bond acceptors (Lipinski definition) is 4. The molecule has 0 radical (unpaired) electrons. The van der Waals surface area contributed by atoms with Gasteiger partial charge in [-0.2, -0.15) is 0 Å². The third kappa shape index (κ3) is 3.50. The van der Waals surface area contributed by atoms with E-state index in [-0.39, 0.29) is 27.2 Å². The maximum Gasteiger partial charge on any atom is 0.311 e. The molecule has 8 heteroatoms. The van der Waals surface area contributed by atoms with Crippen LogP contribution in [0.4, 0.5) is 5.69 Å². The van der Waals surface area contributed by atoms with E-state index in [4.69, 9.17) is 44.3 Å². The predicted molar refractivity (Wildman–Crippen MR) is 81.2 cm³/mol. The highest BCUT2D eigenvalue weighted by Crippen LogP contribution is 2.40. The first-order valence-corrected chi connectivity index (χ1v) is 6.70. The van der Waals surface area contributed by atoms with Crippen molar-refractivity contribution in [2.24, 2.45) is 0 Å². The molecule has 0 amide bonds. The maximum absolute atomic E-state index is 10.8. The number of benzene rings is 2. The third-order valence-electron chi connectivity index (χ3n) is 2.53. The van der Waals surface area contributed by atoms with Crippen molar-refractivity contribution in [3.63, 3.8) is 0 Å². The molecule has 0 spiro atoms.